The molecule has 1 aromatic carbocycles. The number of fused-ring (bicyclic) bond motifs is 1. The number of anilines is 1. The molecule has 7 heteroatoms. The number of hydrogen-bond donors (Lipinski definition) is 3. The van der Waals surface area contributed by atoms with Crippen LogP contribution in [-0.2, 0) is 4.79 Å². The number of hydrogen-bond acceptors (Lipinski definition) is 4. The first-order chi connectivity index (χ1) is 8.47. The first kappa shape index (κ1) is 15.3. The molecule has 6 nitrogen and oxygen atoms in total. The first-order valence-electron chi connectivity index (χ1n) is 5.66. The third-order valence-corrected chi connectivity index (χ3v) is 2.89. The highest BCUT2D eigenvalue weighted by Gasteiger charge is 2.17. The number of halogens is 1. The number of oxazole rings is 1. The molecule has 2 atom stereocenters. The van der Waals surface area contributed by atoms with Crippen LogP contribution >= 0.6 is 12.4 Å². The summed E-state index contributed by atoms with van der Waals surface area (Å²) < 4.78 is 4.87. The van der Waals surface area contributed by atoms with E-state index in [1.165, 1.54) is 0 Å². The fourth-order valence-electron chi connectivity index (χ4n) is 1.52. The zero-order chi connectivity index (χ0) is 13.3. The van der Waals surface area contributed by atoms with Crippen LogP contribution in [0.1, 0.15) is 13.8 Å². The van der Waals surface area contributed by atoms with Crippen molar-refractivity contribution in [3.8, 4) is 0 Å². The Morgan fingerprint density at radius 3 is 2.74 bits per heavy atom. The summed E-state index contributed by atoms with van der Waals surface area (Å²) in [6.07, 6.45) is 0. The van der Waals surface area contributed by atoms with Gasteiger partial charge in [-0.1, -0.05) is 6.92 Å². The lowest BCUT2D eigenvalue weighted by Gasteiger charge is -2.15. The third-order valence-electron chi connectivity index (χ3n) is 2.89. The molecule has 0 aliphatic heterocycles. The number of carbonyl (C=O) groups is 1. The Morgan fingerprint density at radius 1 is 1.42 bits per heavy atom. The summed E-state index contributed by atoms with van der Waals surface area (Å²) >= 11 is 0. The second-order valence-electron chi connectivity index (χ2n) is 4.36. The van der Waals surface area contributed by atoms with E-state index in [9.17, 15) is 9.59 Å². The van der Waals surface area contributed by atoms with Gasteiger partial charge in [0, 0.05) is 11.7 Å². The van der Waals surface area contributed by atoms with Crippen molar-refractivity contribution in [1.82, 2.24) is 4.98 Å². The van der Waals surface area contributed by atoms with Gasteiger partial charge in [-0.05, 0) is 25.1 Å². The Labute approximate surface area is 115 Å². The molecule has 19 heavy (non-hydrogen) atoms. The smallest absolute Gasteiger partial charge is 0.408 e. The summed E-state index contributed by atoms with van der Waals surface area (Å²) in [4.78, 5) is 25.3. The Kier molecular flexibility index (Phi) is 4.74. The van der Waals surface area contributed by atoms with E-state index < -0.39 is 5.76 Å². The number of H-pyrrole nitrogens is 1. The maximum atomic E-state index is 11.8. The molecule has 0 spiro atoms. The molecule has 2 rings (SSSR count). The summed E-state index contributed by atoms with van der Waals surface area (Å²) in [7, 11) is 0. The zero-order valence-electron chi connectivity index (χ0n) is 10.6. The molecule has 1 amide bonds. The number of amides is 1. The van der Waals surface area contributed by atoms with Gasteiger partial charge >= 0.3 is 5.76 Å². The number of aromatic nitrogens is 1. The van der Waals surface area contributed by atoms with Crippen molar-refractivity contribution in [3.05, 3.63) is 28.7 Å². The van der Waals surface area contributed by atoms with Crippen molar-refractivity contribution < 1.29 is 9.21 Å². The molecular weight excluding hydrogens is 270 g/mol. The zero-order valence-corrected chi connectivity index (χ0v) is 11.4. The van der Waals surface area contributed by atoms with Gasteiger partial charge in [0.1, 0.15) is 0 Å². The van der Waals surface area contributed by atoms with Gasteiger partial charge in [0.2, 0.25) is 5.91 Å². The highest BCUT2D eigenvalue weighted by molar-refractivity contribution is 5.94. The van der Waals surface area contributed by atoms with E-state index in [0.717, 1.165) is 0 Å². The Morgan fingerprint density at radius 2 is 2.11 bits per heavy atom. The molecule has 0 fully saturated rings. The van der Waals surface area contributed by atoms with Gasteiger partial charge in [-0.15, -0.1) is 12.4 Å². The van der Waals surface area contributed by atoms with E-state index >= 15 is 0 Å². The summed E-state index contributed by atoms with van der Waals surface area (Å²) in [6, 6.07) is 4.72. The van der Waals surface area contributed by atoms with Crippen LogP contribution in [0.2, 0.25) is 0 Å². The fourth-order valence-corrected chi connectivity index (χ4v) is 1.52. The number of nitrogens with one attached hydrogen (secondary N) is 2. The molecule has 104 valence electrons. The van der Waals surface area contributed by atoms with E-state index in [-0.39, 0.29) is 30.3 Å². The molecule has 0 saturated carbocycles. The lowest BCUT2D eigenvalue weighted by molar-refractivity contribution is -0.119. The van der Waals surface area contributed by atoms with Gasteiger partial charge in [0.15, 0.2) is 5.58 Å². The highest BCUT2D eigenvalue weighted by Crippen LogP contribution is 2.17. The van der Waals surface area contributed by atoms with Crippen LogP contribution in [0.3, 0.4) is 0 Å². The van der Waals surface area contributed by atoms with Crippen LogP contribution in [0.25, 0.3) is 11.1 Å². The second-order valence-corrected chi connectivity index (χ2v) is 4.36. The Bertz CT molecular complexity index is 632. The molecule has 2 aromatic rings. The quantitative estimate of drug-likeness (QED) is 0.794. The van der Waals surface area contributed by atoms with Gasteiger partial charge in [-0.25, -0.2) is 4.79 Å². The summed E-state index contributed by atoms with van der Waals surface area (Å²) in [5, 5.41) is 2.74. The van der Waals surface area contributed by atoms with Crippen molar-refractivity contribution in [3.63, 3.8) is 0 Å². The lowest BCUT2D eigenvalue weighted by atomic mass is 10.0. The molecule has 0 aliphatic carbocycles. The van der Waals surface area contributed by atoms with Crippen LogP contribution in [0, 0.1) is 5.92 Å². The van der Waals surface area contributed by atoms with Crippen LogP contribution < -0.4 is 16.8 Å². The predicted octanol–water partition coefficient (Wildman–Crippen LogP) is 1.46. The number of carbonyl (C=O) groups excluding carboxylic acids is 1. The van der Waals surface area contributed by atoms with E-state index in [1.807, 2.05) is 0 Å². The molecule has 2 unspecified atom stereocenters. The summed E-state index contributed by atoms with van der Waals surface area (Å²) in [5.41, 5.74) is 7.26. The fraction of sp³-hybridized carbons (Fsp3) is 0.333. The minimum absolute atomic E-state index is 0. The largest absolute Gasteiger partial charge is 0.417 e. The lowest BCUT2D eigenvalue weighted by Crippen LogP contribution is -2.34. The SMILES string of the molecule is CC(N)C(C)C(=O)Nc1ccc2oc(=O)[nH]c2c1.Cl. The number of aromatic amines is 1. The van der Waals surface area contributed by atoms with Crippen molar-refractivity contribution in [1.29, 1.82) is 0 Å². The number of rotatable bonds is 3. The van der Waals surface area contributed by atoms with Crippen molar-refractivity contribution in [2.45, 2.75) is 19.9 Å². The minimum Gasteiger partial charge on any atom is -0.408 e. The number of benzene rings is 1. The number of nitrogens with two attached hydrogens (primary N) is 1. The monoisotopic (exact) mass is 285 g/mol. The van der Waals surface area contributed by atoms with Crippen LogP contribution in [0.5, 0.6) is 0 Å². The first-order valence-corrected chi connectivity index (χ1v) is 5.66. The summed E-state index contributed by atoms with van der Waals surface area (Å²) in [5.74, 6) is -0.961. The topological polar surface area (TPSA) is 101 Å². The second kappa shape index (κ2) is 5.90. The van der Waals surface area contributed by atoms with E-state index in [1.54, 1.807) is 32.0 Å². The molecule has 0 bridgehead atoms. The molecule has 0 aliphatic rings. The standard InChI is InChI=1S/C12H15N3O3.ClH/c1-6(7(2)13)11(16)14-8-3-4-10-9(5-8)15-12(17)18-10;/h3-7H,13H2,1-2H3,(H,14,16)(H,15,17);1H. The molecule has 0 radical (unpaired) electrons. The predicted molar refractivity (Wildman–Crippen MR) is 75.5 cm³/mol. The van der Waals surface area contributed by atoms with Crippen LogP contribution in [0.15, 0.2) is 27.4 Å². The minimum atomic E-state index is -0.516. The van der Waals surface area contributed by atoms with Gasteiger partial charge < -0.3 is 15.5 Å². The highest BCUT2D eigenvalue weighted by atomic mass is 35.5. The van der Waals surface area contributed by atoms with Crippen molar-refractivity contribution >= 4 is 35.1 Å². The van der Waals surface area contributed by atoms with E-state index in [0.29, 0.717) is 16.8 Å². The van der Waals surface area contributed by atoms with Gasteiger partial charge in [0.05, 0.1) is 11.4 Å². The average molecular weight is 286 g/mol. The van der Waals surface area contributed by atoms with E-state index in [2.05, 4.69) is 10.3 Å². The Balaban J connectivity index is 0.00000180. The van der Waals surface area contributed by atoms with Crippen molar-refractivity contribution in [2.75, 3.05) is 5.32 Å². The molecule has 1 heterocycles. The maximum absolute atomic E-state index is 11.8. The Hall–Kier alpha value is -1.79. The maximum Gasteiger partial charge on any atom is 0.417 e. The van der Waals surface area contributed by atoms with Gasteiger partial charge in [-0.3, -0.25) is 9.78 Å². The average Bonchev–Trinajstić information content (AvgIpc) is 2.67. The molecular formula is C12H16ClN3O3. The molecule has 1 aromatic heterocycles. The third kappa shape index (κ3) is 3.36. The normalized spacial score (nSPS) is 13.6. The van der Waals surface area contributed by atoms with Crippen molar-refractivity contribution in [2.24, 2.45) is 11.7 Å². The van der Waals surface area contributed by atoms with E-state index in [4.69, 9.17) is 10.2 Å². The summed E-state index contributed by atoms with van der Waals surface area (Å²) in [6.45, 7) is 3.54. The van der Waals surface area contributed by atoms with Gasteiger partial charge in [-0.2, -0.15) is 0 Å². The molecule has 0 saturated heterocycles. The van der Waals surface area contributed by atoms with Gasteiger partial charge in [0.25, 0.3) is 0 Å². The molecule has 4 N–H and O–H groups in total. The van der Waals surface area contributed by atoms with Crippen LogP contribution in [0.4, 0.5) is 5.69 Å². The van der Waals surface area contributed by atoms with Crippen LogP contribution in [-0.4, -0.2) is 16.9 Å².